The van der Waals surface area contributed by atoms with Gasteiger partial charge in [0, 0.05) is 17.3 Å². The van der Waals surface area contributed by atoms with Gasteiger partial charge in [0.1, 0.15) is 17.4 Å². The third-order valence-electron chi connectivity index (χ3n) is 3.98. The predicted molar refractivity (Wildman–Crippen MR) is 105 cm³/mol. The van der Waals surface area contributed by atoms with Crippen LogP contribution in [0, 0.1) is 13.8 Å². The normalized spacial score (nSPS) is 11.4. The molecule has 0 saturated carbocycles. The third kappa shape index (κ3) is 4.66. The molecule has 0 aliphatic carbocycles. The van der Waals surface area contributed by atoms with Crippen LogP contribution in [-0.4, -0.2) is 20.8 Å². The summed E-state index contributed by atoms with van der Waals surface area (Å²) in [6, 6.07) is 19.3. The summed E-state index contributed by atoms with van der Waals surface area (Å²) in [6.07, 6.45) is 1.52. The van der Waals surface area contributed by atoms with Crippen LogP contribution in [0.2, 0.25) is 0 Å². The van der Waals surface area contributed by atoms with E-state index in [0.29, 0.717) is 18.1 Å². The average Bonchev–Trinajstić information content (AvgIpc) is 2.63. The number of nitrogens with one attached hydrogen (secondary N) is 1. The lowest BCUT2D eigenvalue weighted by Gasteiger charge is -2.10. The largest absolute Gasteiger partial charge is 0.507 e. The number of anilines is 1. The second kappa shape index (κ2) is 8.25. The molecule has 2 N–H and O–H groups in total. The van der Waals surface area contributed by atoms with E-state index in [1.807, 2.05) is 50.2 Å². The molecule has 0 spiro atoms. The topological polar surface area (TPSA) is 70.4 Å². The van der Waals surface area contributed by atoms with E-state index in [9.17, 15) is 5.11 Å². The number of phenols is 1. The number of aromatic nitrogens is 2. The fourth-order valence-electron chi connectivity index (χ4n) is 2.77. The van der Waals surface area contributed by atoms with E-state index < -0.39 is 0 Å². The Balaban J connectivity index is 1.85. The molecule has 0 saturated heterocycles. The molecule has 0 atom stereocenters. The van der Waals surface area contributed by atoms with Crippen LogP contribution in [0.25, 0.3) is 0 Å². The van der Waals surface area contributed by atoms with Crippen molar-refractivity contribution in [2.45, 2.75) is 26.7 Å². The van der Waals surface area contributed by atoms with Crippen molar-refractivity contribution in [1.29, 1.82) is 0 Å². The number of para-hydroxylation sites is 1. The van der Waals surface area contributed by atoms with E-state index in [2.05, 4.69) is 32.6 Å². The minimum atomic E-state index is 0.219. The Morgan fingerprint density at radius 3 is 2.46 bits per heavy atom. The molecule has 0 fully saturated rings. The van der Waals surface area contributed by atoms with Gasteiger partial charge in [0.2, 0.25) is 0 Å². The first kappa shape index (κ1) is 17.6. The number of aromatic hydroxyl groups is 1. The van der Waals surface area contributed by atoms with Crippen LogP contribution in [-0.2, 0) is 6.42 Å². The van der Waals surface area contributed by atoms with Gasteiger partial charge < -0.3 is 5.11 Å². The maximum atomic E-state index is 10.2. The van der Waals surface area contributed by atoms with E-state index in [-0.39, 0.29) is 5.75 Å². The van der Waals surface area contributed by atoms with Crippen molar-refractivity contribution in [3.05, 3.63) is 83.3 Å². The minimum absolute atomic E-state index is 0.219. The molecule has 0 radical (unpaired) electrons. The number of nitrogens with zero attached hydrogens (tertiary/aromatic N) is 3. The Bertz CT molecular complexity index is 887. The quantitative estimate of drug-likeness (QED) is 0.517. The van der Waals surface area contributed by atoms with Gasteiger partial charge in [0.05, 0.1) is 5.71 Å². The molecule has 26 heavy (non-hydrogen) atoms. The van der Waals surface area contributed by atoms with Crippen LogP contribution in [0.4, 0.5) is 5.82 Å². The fourth-order valence-corrected chi connectivity index (χ4v) is 2.77. The maximum Gasteiger partial charge on any atom is 0.150 e. The molecule has 0 aliphatic heterocycles. The van der Waals surface area contributed by atoms with Crippen LogP contribution in [0.15, 0.2) is 65.8 Å². The third-order valence-corrected chi connectivity index (χ3v) is 3.98. The van der Waals surface area contributed by atoms with Crippen molar-refractivity contribution in [2.24, 2.45) is 5.10 Å². The highest BCUT2D eigenvalue weighted by atomic mass is 16.3. The Labute approximate surface area is 153 Å². The zero-order chi connectivity index (χ0) is 18.4. The predicted octanol–water partition coefficient (Wildman–Crippen LogP) is 4.25. The molecule has 0 unspecified atom stereocenters. The van der Waals surface area contributed by atoms with Crippen molar-refractivity contribution < 1.29 is 5.11 Å². The molecule has 1 heterocycles. The first-order valence-corrected chi connectivity index (χ1v) is 8.59. The van der Waals surface area contributed by atoms with Gasteiger partial charge in [0.25, 0.3) is 0 Å². The van der Waals surface area contributed by atoms with Gasteiger partial charge in [-0.05, 0) is 44.4 Å². The highest BCUT2D eigenvalue weighted by molar-refractivity contribution is 6.03. The highest BCUT2D eigenvalue weighted by Gasteiger charge is 2.10. The minimum Gasteiger partial charge on any atom is -0.507 e. The molecule has 3 rings (SSSR count). The van der Waals surface area contributed by atoms with E-state index in [4.69, 9.17) is 0 Å². The lowest BCUT2D eigenvalue weighted by molar-refractivity contribution is 0.474. The molecule has 1 aromatic heterocycles. The number of phenolic OH excluding ortho intramolecular Hbond substituents is 1. The molecular formula is C21H22N4O. The molecule has 2 aromatic carbocycles. The van der Waals surface area contributed by atoms with E-state index in [0.717, 1.165) is 23.4 Å². The zero-order valence-electron chi connectivity index (χ0n) is 15.0. The number of hydrogen-bond acceptors (Lipinski definition) is 5. The van der Waals surface area contributed by atoms with Crippen molar-refractivity contribution in [2.75, 3.05) is 5.43 Å². The fraction of sp³-hybridized carbons (Fsp3) is 0.190. The summed E-state index contributed by atoms with van der Waals surface area (Å²) in [5.41, 5.74) is 6.62. The first-order valence-electron chi connectivity index (χ1n) is 8.59. The van der Waals surface area contributed by atoms with Crippen molar-refractivity contribution >= 4 is 11.5 Å². The molecule has 5 nitrogen and oxygen atoms in total. The lowest BCUT2D eigenvalue weighted by Crippen LogP contribution is -2.08. The van der Waals surface area contributed by atoms with Crippen molar-refractivity contribution in [3.8, 4) is 5.75 Å². The number of benzene rings is 2. The summed E-state index contributed by atoms with van der Waals surface area (Å²) >= 11 is 0. The average molecular weight is 346 g/mol. The van der Waals surface area contributed by atoms with E-state index in [1.54, 1.807) is 12.1 Å². The standard InChI is InChI=1S/C21H22N4O/c1-15-14-21(23-16(2)22-15)25-24-19(18-10-6-7-11-20(18)26)13-12-17-8-4-3-5-9-17/h3-11,14,26H,12-13H2,1-2H3,(H,22,23,25). The zero-order valence-corrected chi connectivity index (χ0v) is 15.0. The van der Waals surface area contributed by atoms with Gasteiger partial charge in [-0.25, -0.2) is 9.97 Å². The van der Waals surface area contributed by atoms with Gasteiger partial charge in [-0.3, -0.25) is 5.43 Å². The van der Waals surface area contributed by atoms with Gasteiger partial charge in [0.15, 0.2) is 0 Å². The number of hydrogen-bond donors (Lipinski definition) is 2. The lowest BCUT2D eigenvalue weighted by atomic mass is 10.0. The van der Waals surface area contributed by atoms with E-state index in [1.165, 1.54) is 5.56 Å². The number of rotatable bonds is 6. The van der Waals surface area contributed by atoms with Crippen LogP contribution in [0.1, 0.15) is 29.1 Å². The van der Waals surface area contributed by atoms with Gasteiger partial charge >= 0.3 is 0 Å². The molecule has 132 valence electrons. The summed E-state index contributed by atoms with van der Waals surface area (Å²) in [7, 11) is 0. The van der Waals surface area contributed by atoms with Crippen molar-refractivity contribution in [3.63, 3.8) is 0 Å². The summed E-state index contributed by atoms with van der Waals surface area (Å²) in [5.74, 6) is 1.55. The Morgan fingerprint density at radius 1 is 1.00 bits per heavy atom. The second-order valence-electron chi connectivity index (χ2n) is 6.11. The van der Waals surface area contributed by atoms with Crippen LogP contribution in [0.5, 0.6) is 5.75 Å². The SMILES string of the molecule is Cc1cc(NN=C(CCc2ccccc2)c2ccccc2O)nc(C)n1. The molecule has 0 amide bonds. The molecule has 3 aromatic rings. The van der Waals surface area contributed by atoms with Crippen LogP contribution >= 0.6 is 0 Å². The van der Waals surface area contributed by atoms with E-state index >= 15 is 0 Å². The summed E-state index contributed by atoms with van der Waals surface area (Å²) < 4.78 is 0. The van der Waals surface area contributed by atoms with Crippen molar-refractivity contribution in [1.82, 2.24) is 9.97 Å². The number of aryl methyl sites for hydroxylation is 3. The first-order chi connectivity index (χ1) is 12.6. The van der Waals surface area contributed by atoms with Crippen LogP contribution < -0.4 is 5.43 Å². The Kier molecular flexibility index (Phi) is 5.59. The maximum absolute atomic E-state index is 10.2. The van der Waals surface area contributed by atoms with Gasteiger partial charge in [-0.1, -0.05) is 42.5 Å². The summed E-state index contributed by atoms with van der Waals surface area (Å²) in [4.78, 5) is 8.62. The van der Waals surface area contributed by atoms with Crippen LogP contribution in [0.3, 0.4) is 0 Å². The smallest absolute Gasteiger partial charge is 0.150 e. The monoisotopic (exact) mass is 346 g/mol. The molecule has 0 bridgehead atoms. The molecule has 5 heteroatoms. The summed E-state index contributed by atoms with van der Waals surface area (Å²) in [6.45, 7) is 3.77. The second-order valence-corrected chi connectivity index (χ2v) is 6.11. The van der Waals surface area contributed by atoms with Gasteiger partial charge in [-0.2, -0.15) is 5.10 Å². The highest BCUT2D eigenvalue weighted by Crippen LogP contribution is 2.20. The summed E-state index contributed by atoms with van der Waals surface area (Å²) in [5, 5.41) is 14.8. The number of hydrazone groups is 1. The molecule has 0 aliphatic rings. The van der Waals surface area contributed by atoms with Gasteiger partial charge in [-0.15, -0.1) is 0 Å². The Hall–Kier alpha value is -3.21. The Morgan fingerprint density at radius 2 is 1.73 bits per heavy atom. The molecular weight excluding hydrogens is 324 g/mol.